The molecule has 0 bridgehead atoms. The van der Waals surface area contributed by atoms with Gasteiger partial charge in [-0.25, -0.2) is 5.43 Å². The quantitative estimate of drug-likeness (QED) is 0.364. The Labute approximate surface area is 61.0 Å². The van der Waals surface area contributed by atoms with Crippen LogP contribution < -0.4 is 16.6 Å². The number of nitrogens with one attached hydrogen (secondary N) is 2. The maximum atomic E-state index is 5.16. The summed E-state index contributed by atoms with van der Waals surface area (Å²) in [6, 6.07) is 0. The molecule has 0 atom stereocenters. The summed E-state index contributed by atoms with van der Waals surface area (Å²) < 4.78 is 0. The van der Waals surface area contributed by atoms with Crippen molar-refractivity contribution in [2.45, 2.75) is 26.3 Å². The molecule has 0 heterocycles. The van der Waals surface area contributed by atoms with Crippen LogP contribution in [-0.4, -0.2) is 10.7 Å². The molecule has 54 valence electrons. The Hall–Kier alpha value is -0.350. The molecule has 0 fully saturated rings. The van der Waals surface area contributed by atoms with Gasteiger partial charge in [0.25, 0.3) is 0 Å². The molecule has 4 N–H and O–H groups in total. The van der Waals surface area contributed by atoms with Gasteiger partial charge >= 0.3 is 0 Å². The summed E-state index contributed by atoms with van der Waals surface area (Å²) in [7, 11) is 0. The predicted molar refractivity (Wildman–Crippen MR) is 42.8 cm³/mol. The number of nitrogens with two attached hydrogens (primary N) is 1. The summed E-state index contributed by atoms with van der Waals surface area (Å²) in [6.45, 7) is 6.04. The van der Waals surface area contributed by atoms with E-state index in [1.807, 2.05) is 20.8 Å². The van der Waals surface area contributed by atoms with Gasteiger partial charge in [0.05, 0.1) is 0 Å². The Morgan fingerprint density at radius 2 is 1.89 bits per heavy atom. The molecule has 0 saturated heterocycles. The lowest BCUT2D eigenvalue weighted by atomic mass is 10.1. The zero-order valence-electron chi connectivity index (χ0n) is 5.99. The molecule has 0 aromatic heterocycles. The van der Waals surface area contributed by atoms with Gasteiger partial charge in [-0.05, 0) is 33.0 Å². The molecule has 9 heavy (non-hydrogen) atoms. The standard InChI is InChI=1S/C5H13N3S/c1-5(2,3)8-7-4(6)9/h8H,1-3H3,(H3,6,7,9). The van der Waals surface area contributed by atoms with Crippen molar-refractivity contribution in [3.63, 3.8) is 0 Å². The van der Waals surface area contributed by atoms with Gasteiger partial charge in [-0.3, -0.25) is 5.43 Å². The van der Waals surface area contributed by atoms with E-state index in [0.29, 0.717) is 0 Å². The van der Waals surface area contributed by atoms with E-state index >= 15 is 0 Å². The lowest BCUT2D eigenvalue weighted by Crippen LogP contribution is -2.50. The van der Waals surface area contributed by atoms with Gasteiger partial charge in [-0.15, -0.1) is 0 Å². The lowest BCUT2D eigenvalue weighted by molar-refractivity contribution is 0.404. The monoisotopic (exact) mass is 147 g/mol. The second-order valence-corrected chi connectivity index (χ2v) is 3.30. The zero-order valence-corrected chi connectivity index (χ0v) is 6.80. The molecule has 0 aromatic rings. The highest BCUT2D eigenvalue weighted by molar-refractivity contribution is 7.80. The van der Waals surface area contributed by atoms with Crippen LogP contribution in [0.25, 0.3) is 0 Å². The van der Waals surface area contributed by atoms with Gasteiger partial charge in [0.15, 0.2) is 5.11 Å². The summed E-state index contributed by atoms with van der Waals surface area (Å²) in [4.78, 5) is 0. The topological polar surface area (TPSA) is 50.1 Å². The van der Waals surface area contributed by atoms with Crippen LogP contribution in [0.1, 0.15) is 20.8 Å². The van der Waals surface area contributed by atoms with Crippen molar-refractivity contribution in [1.29, 1.82) is 0 Å². The Balaban J connectivity index is 3.39. The molecule has 0 aromatic carbocycles. The second kappa shape index (κ2) is 2.98. The largest absolute Gasteiger partial charge is 0.375 e. The third kappa shape index (κ3) is 7.65. The summed E-state index contributed by atoms with van der Waals surface area (Å²) in [6.07, 6.45) is 0. The lowest BCUT2D eigenvalue weighted by Gasteiger charge is -2.20. The Kier molecular flexibility index (Phi) is 2.87. The number of rotatable bonds is 1. The first kappa shape index (κ1) is 8.65. The highest BCUT2D eigenvalue weighted by Gasteiger charge is 2.06. The average Bonchev–Trinajstić information content (AvgIpc) is 1.59. The van der Waals surface area contributed by atoms with Gasteiger partial charge in [0, 0.05) is 5.54 Å². The number of thiocarbonyl (C=S) groups is 1. The molecule has 0 radical (unpaired) electrons. The normalized spacial score (nSPS) is 11.0. The minimum Gasteiger partial charge on any atom is -0.375 e. The third-order valence-electron chi connectivity index (χ3n) is 0.561. The molecule has 0 rings (SSSR count). The average molecular weight is 147 g/mol. The highest BCUT2D eigenvalue weighted by Crippen LogP contribution is 1.94. The fourth-order valence-electron chi connectivity index (χ4n) is 0.249. The molecular weight excluding hydrogens is 134 g/mol. The van der Waals surface area contributed by atoms with Gasteiger partial charge in [0.1, 0.15) is 0 Å². The fourth-order valence-corrected chi connectivity index (χ4v) is 0.300. The molecule has 3 nitrogen and oxygen atoms in total. The Morgan fingerprint density at radius 3 is 2.00 bits per heavy atom. The maximum absolute atomic E-state index is 5.16. The smallest absolute Gasteiger partial charge is 0.178 e. The molecule has 0 aliphatic rings. The van der Waals surface area contributed by atoms with E-state index in [0.717, 1.165) is 0 Å². The molecule has 4 heteroatoms. The van der Waals surface area contributed by atoms with Gasteiger partial charge in [0.2, 0.25) is 0 Å². The Bertz CT molecular complexity index is 105. The maximum Gasteiger partial charge on any atom is 0.178 e. The van der Waals surface area contributed by atoms with Crippen molar-refractivity contribution < 1.29 is 0 Å². The van der Waals surface area contributed by atoms with Crippen molar-refractivity contribution in [3.8, 4) is 0 Å². The van der Waals surface area contributed by atoms with Crippen LogP contribution in [0.15, 0.2) is 0 Å². The van der Waals surface area contributed by atoms with Crippen LogP contribution in [0.2, 0.25) is 0 Å². The highest BCUT2D eigenvalue weighted by atomic mass is 32.1. The molecule has 0 saturated carbocycles. The summed E-state index contributed by atoms with van der Waals surface area (Å²) in [5.74, 6) is 0. The van der Waals surface area contributed by atoms with Crippen molar-refractivity contribution in [1.82, 2.24) is 10.9 Å². The first-order valence-electron chi connectivity index (χ1n) is 2.74. The summed E-state index contributed by atoms with van der Waals surface area (Å²) in [5, 5.41) is 0.268. The summed E-state index contributed by atoms with van der Waals surface area (Å²) in [5.41, 5.74) is 10.7. The fraction of sp³-hybridized carbons (Fsp3) is 0.800. The van der Waals surface area contributed by atoms with Crippen LogP contribution >= 0.6 is 12.2 Å². The first-order valence-corrected chi connectivity index (χ1v) is 3.15. The number of hydrogen-bond acceptors (Lipinski definition) is 2. The molecule has 0 amide bonds. The Morgan fingerprint density at radius 1 is 1.44 bits per heavy atom. The van der Waals surface area contributed by atoms with Crippen molar-refractivity contribution >= 4 is 17.3 Å². The number of hydrazine groups is 1. The SMILES string of the molecule is CC(C)(C)NNC(N)=S. The second-order valence-electron chi connectivity index (χ2n) is 2.86. The molecule has 0 spiro atoms. The van der Waals surface area contributed by atoms with Crippen molar-refractivity contribution in [2.75, 3.05) is 0 Å². The van der Waals surface area contributed by atoms with Crippen LogP contribution in [0, 0.1) is 0 Å². The molecule has 0 unspecified atom stereocenters. The molecule has 0 aliphatic carbocycles. The third-order valence-corrected chi connectivity index (χ3v) is 0.663. The minimum atomic E-state index is 0.00340. The first-order chi connectivity index (χ1) is 3.92. The number of hydrogen-bond donors (Lipinski definition) is 3. The van der Waals surface area contributed by atoms with E-state index < -0.39 is 0 Å². The van der Waals surface area contributed by atoms with E-state index in [4.69, 9.17) is 5.73 Å². The van der Waals surface area contributed by atoms with Gasteiger partial charge in [-0.2, -0.15) is 0 Å². The van der Waals surface area contributed by atoms with E-state index in [2.05, 4.69) is 23.1 Å². The molecular formula is C5H13N3S. The minimum absolute atomic E-state index is 0.00340. The van der Waals surface area contributed by atoms with Crippen molar-refractivity contribution in [3.05, 3.63) is 0 Å². The van der Waals surface area contributed by atoms with Crippen LogP contribution in [0.4, 0.5) is 0 Å². The predicted octanol–water partition coefficient (Wildman–Crippen LogP) is 0.123. The zero-order chi connectivity index (χ0) is 7.49. The van der Waals surface area contributed by atoms with E-state index in [1.54, 1.807) is 0 Å². The van der Waals surface area contributed by atoms with Gasteiger partial charge < -0.3 is 5.73 Å². The van der Waals surface area contributed by atoms with Crippen LogP contribution in [0.3, 0.4) is 0 Å². The van der Waals surface area contributed by atoms with E-state index in [1.165, 1.54) is 0 Å². The van der Waals surface area contributed by atoms with Crippen LogP contribution in [-0.2, 0) is 0 Å². The summed E-state index contributed by atoms with van der Waals surface area (Å²) >= 11 is 4.57. The molecule has 0 aliphatic heterocycles. The van der Waals surface area contributed by atoms with Crippen molar-refractivity contribution in [2.24, 2.45) is 5.73 Å². The van der Waals surface area contributed by atoms with E-state index in [-0.39, 0.29) is 10.7 Å². The van der Waals surface area contributed by atoms with E-state index in [9.17, 15) is 0 Å². The van der Waals surface area contributed by atoms with Crippen LogP contribution in [0.5, 0.6) is 0 Å². The van der Waals surface area contributed by atoms with Gasteiger partial charge in [-0.1, -0.05) is 0 Å².